The van der Waals surface area contributed by atoms with Crippen LogP contribution in [0.2, 0.25) is 0 Å². The van der Waals surface area contributed by atoms with Gasteiger partial charge in [0.15, 0.2) is 5.13 Å². The lowest BCUT2D eigenvalue weighted by Gasteiger charge is -2.19. The molecule has 6 nitrogen and oxygen atoms in total. The quantitative estimate of drug-likeness (QED) is 0.900. The van der Waals surface area contributed by atoms with Crippen molar-refractivity contribution in [3.05, 3.63) is 24.3 Å². The van der Waals surface area contributed by atoms with E-state index in [9.17, 15) is 9.59 Å². The highest BCUT2D eigenvalue weighted by molar-refractivity contribution is 7.22. The summed E-state index contributed by atoms with van der Waals surface area (Å²) in [5.41, 5.74) is 0.849. The van der Waals surface area contributed by atoms with E-state index >= 15 is 0 Å². The molecule has 1 amide bonds. The number of likely N-dealkylation sites (tertiary alicyclic amines) is 1. The average Bonchev–Trinajstić information content (AvgIpc) is 3.03. The van der Waals surface area contributed by atoms with E-state index in [1.54, 1.807) is 4.90 Å². The van der Waals surface area contributed by atoms with Crippen molar-refractivity contribution in [1.82, 2.24) is 9.88 Å². The van der Waals surface area contributed by atoms with Crippen molar-refractivity contribution < 1.29 is 14.7 Å². The van der Waals surface area contributed by atoms with E-state index in [2.05, 4.69) is 10.3 Å². The van der Waals surface area contributed by atoms with Crippen LogP contribution < -0.4 is 5.32 Å². The Hall–Kier alpha value is -1.99. The van der Waals surface area contributed by atoms with Crippen LogP contribution >= 0.6 is 11.3 Å². The third kappa shape index (κ3) is 3.03. The van der Waals surface area contributed by atoms with E-state index in [-0.39, 0.29) is 12.5 Å². The summed E-state index contributed by atoms with van der Waals surface area (Å²) in [5.74, 6) is -1.08. The van der Waals surface area contributed by atoms with Crippen molar-refractivity contribution in [3.63, 3.8) is 0 Å². The first-order valence-electron chi connectivity index (χ1n) is 6.76. The number of benzene rings is 1. The van der Waals surface area contributed by atoms with Crippen LogP contribution in [-0.4, -0.2) is 46.0 Å². The summed E-state index contributed by atoms with van der Waals surface area (Å²) < 4.78 is 1.01. The number of hydrogen-bond acceptors (Lipinski definition) is 5. The van der Waals surface area contributed by atoms with Crippen molar-refractivity contribution in [1.29, 1.82) is 0 Å². The van der Waals surface area contributed by atoms with Gasteiger partial charge in [0.25, 0.3) is 0 Å². The standard InChI is InChI=1S/C14H15N3O3S/c18-12(8-17-7-3-5-10(17)13(19)20)16-14-15-9-4-1-2-6-11(9)21-14/h1-2,4,6,10H,3,5,7-8H2,(H,19,20)(H,15,16,18)/t10-/m1/s1. The first kappa shape index (κ1) is 14.0. The highest BCUT2D eigenvalue weighted by Gasteiger charge is 2.31. The lowest BCUT2D eigenvalue weighted by atomic mass is 10.2. The van der Waals surface area contributed by atoms with Crippen molar-refractivity contribution >= 4 is 38.6 Å². The van der Waals surface area contributed by atoms with Gasteiger partial charge >= 0.3 is 5.97 Å². The number of nitrogens with one attached hydrogen (secondary N) is 1. The number of amides is 1. The third-order valence-electron chi connectivity index (χ3n) is 3.54. The van der Waals surface area contributed by atoms with E-state index in [0.29, 0.717) is 18.1 Å². The Morgan fingerprint density at radius 1 is 1.43 bits per heavy atom. The molecule has 0 saturated carbocycles. The molecule has 0 aliphatic carbocycles. The molecule has 0 bridgehead atoms. The SMILES string of the molecule is O=C(CN1CCC[C@@H]1C(=O)O)Nc1nc2ccccc2s1. The molecule has 2 aromatic rings. The summed E-state index contributed by atoms with van der Waals surface area (Å²) in [7, 11) is 0. The number of para-hydroxylation sites is 1. The Kier molecular flexibility index (Phi) is 3.85. The second-order valence-electron chi connectivity index (χ2n) is 5.00. The molecule has 2 heterocycles. The number of aromatic nitrogens is 1. The molecule has 7 heteroatoms. The maximum absolute atomic E-state index is 12.0. The third-order valence-corrected chi connectivity index (χ3v) is 4.49. The van der Waals surface area contributed by atoms with Crippen LogP contribution in [0.15, 0.2) is 24.3 Å². The molecule has 110 valence electrons. The molecular formula is C14H15N3O3S. The first-order chi connectivity index (χ1) is 10.1. The molecule has 21 heavy (non-hydrogen) atoms. The van der Waals surface area contributed by atoms with Gasteiger partial charge in [-0.3, -0.25) is 14.5 Å². The fourth-order valence-corrected chi connectivity index (χ4v) is 3.45. The number of rotatable bonds is 4. The largest absolute Gasteiger partial charge is 0.480 e. The van der Waals surface area contributed by atoms with Crippen molar-refractivity contribution in [2.75, 3.05) is 18.4 Å². The average molecular weight is 305 g/mol. The minimum absolute atomic E-state index is 0.0902. The van der Waals surface area contributed by atoms with Crippen molar-refractivity contribution in [2.45, 2.75) is 18.9 Å². The molecule has 2 N–H and O–H groups in total. The van der Waals surface area contributed by atoms with Gasteiger partial charge in [0.2, 0.25) is 5.91 Å². The molecule has 1 aromatic carbocycles. The summed E-state index contributed by atoms with van der Waals surface area (Å²) in [6, 6.07) is 7.11. The highest BCUT2D eigenvalue weighted by atomic mass is 32.1. The summed E-state index contributed by atoms with van der Waals surface area (Å²) in [5, 5.41) is 12.4. The molecule has 0 radical (unpaired) electrons. The van der Waals surface area contributed by atoms with Crippen LogP contribution in [-0.2, 0) is 9.59 Å². The topological polar surface area (TPSA) is 82.5 Å². The van der Waals surface area contributed by atoms with Gasteiger partial charge < -0.3 is 10.4 Å². The first-order valence-corrected chi connectivity index (χ1v) is 7.57. The Bertz CT molecular complexity index is 652. The fraction of sp³-hybridized carbons (Fsp3) is 0.357. The second kappa shape index (κ2) is 5.79. The van der Waals surface area contributed by atoms with Crippen molar-refractivity contribution in [3.8, 4) is 0 Å². The Morgan fingerprint density at radius 2 is 2.24 bits per heavy atom. The van der Waals surface area contributed by atoms with Crippen molar-refractivity contribution in [2.24, 2.45) is 0 Å². The fourth-order valence-electron chi connectivity index (χ4n) is 2.56. The zero-order valence-corrected chi connectivity index (χ0v) is 12.1. The number of carbonyl (C=O) groups excluding carboxylic acids is 1. The maximum atomic E-state index is 12.0. The van der Waals surface area contributed by atoms with E-state index < -0.39 is 12.0 Å². The maximum Gasteiger partial charge on any atom is 0.320 e. The zero-order valence-electron chi connectivity index (χ0n) is 11.3. The highest BCUT2D eigenvalue weighted by Crippen LogP contribution is 2.25. The van der Waals surface area contributed by atoms with Crippen LogP contribution in [0.1, 0.15) is 12.8 Å². The van der Waals surface area contributed by atoms with Gasteiger partial charge in [-0.25, -0.2) is 4.98 Å². The van der Waals surface area contributed by atoms with Crippen LogP contribution in [0.3, 0.4) is 0 Å². The van der Waals surface area contributed by atoms with Gasteiger partial charge in [-0.2, -0.15) is 0 Å². The van der Waals surface area contributed by atoms with Gasteiger partial charge in [0.1, 0.15) is 6.04 Å². The lowest BCUT2D eigenvalue weighted by molar-refractivity contribution is -0.142. The van der Waals surface area contributed by atoms with E-state index in [4.69, 9.17) is 5.11 Å². The van der Waals surface area contributed by atoms with Gasteiger partial charge in [0, 0.05) is 0 Å². The number of thiazole rings is 1. The molecule has 1 atom stereocenters. The number of nitrogens with zero attached hydrogens (tertiary/aromatic N) is 2. The number of carboxylic acid groups (broad SMARTS) is 1. The molecule has 0 spiro atoms. The minimum Gasteiger partial charge on any atom is -0.480 e. The summed E-state index contributed by atoms with van der Waals surface area (Å²) in [6.45, 7) is 0.733. The Balaban J connectivity index is 1.65. The number of fused-ring (bicyclic) bond motifs is 1. The molecular weight excluding hydrogens is 290 g/mol. The number of anilines is 1. The van der Waals surface area contributed by atoms with E-state index in [0.717, 1.165) is 16.6 Å². The summed E-state index contributed by atoms with van der Waals surface area (Å²) >= 11 is 1.41. The van der Waals surface area contributed by atoms with Crippen LogP contribution in [0.4, 0.5) is 5.13 Å². The second-order valence-corrected chi connectivity index (χ2v) is 6.03. The van der Waals surface area contributed by atoms with Gasteiger partial charge in [-0.1, -0.05) is 23.5 Å². The number of aliphatic carboxylic acids is 1. The number of carbonyl (C=O) groups is 2. The molecule has 1 aliphatic rings. The molecule has 1 aliphatic heterocycles. The molecule has 1 fully saturated rings. The predicted molar refractivity (Wildman–Crippen MR) is 80.5 cm³/mol. The number of carboxylic acids is 1. The molecule has 3 rings (SSSR count). The van der Waals surface area contributed by atoms with E-state index in [1.165, 1.54) is 11.3 Å². The van der Waals surface area contributed by atoms with E-state index in [1.807, 2.05) is 24.3 Å². The number of hydrogen-bond donors (Lipinski definition) is 2. The summed E-state index contributed by atoms with van der Waals surface area (Å²) in [4.78, 5) is 29.2. The summed E-state index contributed by atoms with van der Waals surface area (Å²) in [6.07, 6.45) is 1.41. The minimum atomic E-state index is -0.861. The molecule has 0 unspecified atom stereocenters. The Labute approximate surface area is 125 Å². The zero-order chi connectivity index (χ0) is 14.8. The Morgan fingerprint density at radius 3 is 3.00 bits per heavy atom. The normalized spacial score (nSPS) is 19.0. The monoisotopic (exact) mass is 305 g/mol. The lowest BCUT2D eigenvalue weighted by Crippen LogP contribution is -2.40. The predicted octanol–water partition coefficient (Wildman–Crippen LogP) is 1.78. The van der Waals surface area contributed by atoms with Gasteiger partial charge in [0.05, 0.1) is 16.8 Å². The van der Waals surface area contributed by atoms with Crippen LogP contribution in [0, 0.1) is 0 Å². The van der Waals surface area contributed by atoms with Gasteiger partial charge in [-0.15, -0.1) is 0 Å². The molecule has 1 aromatic heterocycles. The van der Waals surface area contributed by atoms with Crippen LogP contribution in [0.25, 0.3) is 10.2 Å². The smallest absolute Gasteiger partial charge is 0.320 e. The van der Waals surface area contributed by atoms with Gasteiger partial charge in [-0.05, 0) is 31.5 Å². The van der Waals surface area contributed by atoms with Crippen LogP contribution in [0.5, 0.6) is 0 Å². The molecule has 1 saturated heterocycles.